The van der Waals surface area contributed by atoms with Gasteiger partial charge in [0.15, 0.2) is 0 Å². The molecule has 0 unspecified atom stereocenters. The lowest BCUT2D eigenvalue weighted by Gasteiger charge is -2.33. The summed E-state index contributed by atoms with van der Waals surface area (Å²) in [5, 5.41) is 0. The van der Waals surface area contributed by atoms with Crippen LogP contribution in [0.25, 0.3) is 78.9 Å². The Labute approximate surface area is 515 Å². The second-order valence-electron chi connectivity index (χ2n) is 23.8. The van der Waals surface area contributed by atoms with E-state index in [9.17, 15) is 0 Å². The van der Waals surface area contributed by atoms with Gasteiger partial charge in [0.05, 0.1) is 10.8 Å². The molecule has 0 saturated carbocycles. The first kappa shape index (κ1) is 51.4. The molecule has 4 aliphatic carbocycles. The maximum atomic E-state index is 2.51. The average molecular weight is 1120 g/mol. The lowest BCUT2D eigenvalue weighted by Crippen LogP contribution is -2.26. The summed E-state index contributed by atoms with van der Waals surface area (Å²) in [4.78, 5) is 4.96. The average Bonchev–Trinajstić information content (AvgIpc) is 1.56. The molecule has 0 N–H and O–H groups in total. The fourth-order valence-electron chi connectivity index (χ4n) is 15.7. The quantitative estimate of drug-likeness (QED) is 0.135. The molecule has 0 saturated heterocycles. The third-order valence-electron chi connectivity index (χ3n) is 19.2. The fourth-order valence-corrected chi connectivity index (χ4v) is 15.7. The zero-order chi connectivity index (χ0) is 58.5. The van der Waals surface area contributed by atoms with E-state index in [2.05, 4.69) is 351 Å². The Balaban J connectivity index is 0.876. The van der Waals surface area contributed by atoms with E-state index in [0.717, 1.165) is 34.1 Å². The minimum atomic E-state index is -0.508. The Morgan fingerprint density at radius 1 is 0.216 bits per heavy atom. The van der Waals surface area contributed by atoms with Crippen LogP contribution < -0.4 is 9.80 Å². The first-order valence-electron chi connectivity index (χ1n) is 30.8. The highest BCUT2D eigenvalue weighted by atomic mass is 15.2. The van der Waals surface area contributed by atoms with Crippen molar-refractivity contribution in [1.29, 1.82) is 0 Å². The van der Waals surface area contributed by atoms with Gasteiger partial charge in [-0.2, -0.15) is 0 Å². The van der Waals surface area contributed by atoms with Gasteiger partial charge in [0.2, 0.25) is 0 Å². The molecule has 0 radical (unpaired) electrons. The van der Waals surface area contributed by atoms with Crippen molar-refractivity contribution in [3.63, 3.8) is 0 Å². The van der Waals surface area contributed by atoms with Crippen LogP contribution in [0.2, 0.25) is 0 Å². The molecule has 13 aromatic rings. The van der Waals surface area contributed by atoms with Crippen LogP contribution in [0.15, 0.2) is 315 Å². The van der Waals surface area contributed by atoms with Crippen molar-refractivity contribution >= 4 is 46.3 Å². The molecule has 0 bridgehead atoms. The molecule has 0 aliphatic heterocycles. The summed E-state index contributed by atoms with van der Waals surface area (Å²) >= 11 is 0. The molecule has 0 heterocycles. The largest absolute Gasteiger partial charge is 0.310 e. The zero-order valence-corrected chi connectivity index (χ0v) is 49.1. The van der Waals surface area contributed by atoms with E-state index >= 15 is 0 Å². The van der Waals surface area contributed by atoms with Crippen LogP contribution in [-0.2, 0) is 10.8 Å². The van der Waals surface area contributed by atoms with Crippen LogP contribution in [0.5, 0.6) is 0 Å². The Bertz CT molecular complexity index is 4580. The number of fused-ring (bicyclic) bond motifs is 20. The van der Waals surface area contributed by atoms with Crippen LogP contribution in [-0.4, -0.2) is 0 Å². The highest BCUT2D eigenvalue weighted by Crippen LogP contribution is 2.65. The molecule has 2 spiro atoms. The summed E-state index contributed by atoms with van der Waals surface area (Å²) < 4.78 is 0. The second-order valence-corrected chi connectivity index (χ2v) is 23.8. The van der Waals surface area contributed by atoms with Gasteiger partial charge in [0, 0.05) is 34.1 Å². The highest BCUT2D eigenvalue weighted by Gasteiger charge is 2.53. The van der Waals surface area contributed by atoms with Crippen LogP contribution in [0, 0.1) is 0 Å². The first-order valence-corrected chi connectivity index (χ1v) is 30.8. The predicted octanol–water partition coefficient (Wildman–Crippen LogP) is 22.7. The predicted molar refractivity (Wildman–Crippen MR) is 369 cm³/mol. The minimum absolute atomic E-state index is 0.508. The van der Waals surface area contributed by atoms with Gasteiger partial charge in [0.25, 0.3) is 0 Å². The number of nitrogens with zero attached hydrogens (tertiary/aromatic N) is 2. The molecular formula is C86H60N2. The van der Waals surface area contributed by atoms with Gasteiger partial charge >= 0.3 is 0 Å². The maximum absolute atomic E-state index is 2.51. The topological polar surface area (TPSA) is 6.48 Å². The van der Waals surface area contributed by atoms with E-state index in [1.165, 1.54) is 122 Å². The zero-order valence-electron chi connectivity index (χ0n) is 49.1. The smallest absolute Gasteiger partial charge is 0.0726 e. The molecule has 13 aromatic carbocycles. The van der Waals surface area contributed by atoms with Crippen LogP contribution in [0.1, 0.15) is 69.5 Å². The number of rotatable bonds is 10. The van der Waals surface area contributed by atoms with Crippen molar-refractivity contribution in [2.75, 3.05) is 9.80 Å². The molecule has 4 aliphatic rings. The normalized spacial score (nSPS) is 13.7. The molecule has 17 rings (SSSR count). The third-order valence-corrected chi connectivity index (χ3v) is 19.2. The summed E-state index contributed by atoms with van der Waals surface area (Å²) in [6.07, 6.45) is 8.54. The van der Waals surface area contributed by atoms with Crippen molar-refractivity contribution in [2.24, 2.45) is 0 Å². The summed E-state index contributed by atoms with van der Waals surface area (Å²) in [5.41, 5.74) is 33.3. The standard InChI is InChI=1S/C86H60N2/c1-3-20-57-22-17-24-61(52-57)59-40-44-63(45-41-59)87(67-48-50-75-73-32-9-15-38-81(73)85(83(75)55-67)77-34-11-5-28-69(77)70-29-6-12-35-78(70)85)65-26-19-27-66(54-65)88(64-46-42-60(43-47-64)62-25-18-23-58(53-62)21-4-2)68-49-51-76-74-33-10-16-39-82(74)86(84(76)56-68)79-36-13-7-30-71(79)72-31-8-14-37-80(72)86/h3-56H,1-2H3/b20-3+,21-4?. The number of hydrogen-bond donors (Lipinski definition) is 0. The van der Waals surface area contributed by atoms with Crippen LogP contribution in [0.3, 0.4) is 0 Å². The summed E-state index contributed by atoms with van der Waals surface area (Å²) in [6, 6.07) is 114. The summed E-state index contributed by atoms with van der Waals surface area (Å²) in [7, 11) is 0. The van der Waals surface area contributed by atoms with Gasteiger partial charge in [-0.3, -0.25) is 0 Å². The Kier molecular flexibility index (Phi) is 11.9. The first-order chi connectivity index (χ1) is 43.5. The molecule has 88 heavy (non-hydrogen) atoms. The van der Waals surface area contributed by atoms with Gasteiger partial charge in [0.1, 0.15) is 0 Å². The second kappa shape index (κ2) is 20.3. The monoisotopic (exact) mass is 1120 g/mol. The number of benzene rings is 13. The Hall–Kier alpha value is -11.1. The van der Waals surface area contributed by atoms with Crippen molar-refractivity contribution in [2.45, 2.75) is 24.7 Å². The Morgan fingerprint density at radius 3 is 0.830 bits per heavy atom. The van der Waals surface area contributed by atoms with Gasteiger partial charge in [-0.1, -0.05) is 249 Å². The van der Waals surface area contributed by atoms with Crippen molar-refractivity contribution in [3.8, 4) is 66.8 Å². The molecule has 0 fully saturated rings. The van der Waals surface area contributed by atoms with E-state index in [1.54, 1.807) is 0 Å². The SMILES string of the molecule is CC=Cc1cccc(-c2ccc(N(c3cccc(N(c4ccc(-c5cccc(/C=C/C)c5)cc4)c4ccc5c(c4)C4(c6ccccc6-c6ccccc64)c4ccccc4-5)c3)c3ccc4c(c3)C3(c5ccccc5-c5ccccc53)c3ccccc3-4)cc2)c1. The molecule has 2 heteroatoms. The van der Waals surface area contributed by atoms with E-state index in [0.29, 0.717) is 0 Å². The van der Waals surface area contributed by atoms with Crippen molar-refractivity contribution < 1.29 is 0 Å². The lowest BCUT2D eigenvalue weighted by molar-refractivity contribution is 0.793. The third kappa shape index (κ3) is 7.55. The van der Waals surface area contributed by atoms with Crippen molar-refractivity contribution in [1.82, 2.24) is 0 Å². The van der Waals surface area contributed by atoms with Crippen LogP contribution in [0.4, 0.5) is 34.1 Å². The van der Waals surface area contributed by atoms with Gasteiger partial charge < -0.3 is 9.80 Å². The number of hydrogen-bond acceptors (Lipinski definition) is 2. The van der Waals surface area contributed by atoms with E-state index in [-0.39, 0.29) is 0 Å². The molecule has 414 valence electrons. The van der Waals surface area contributed by atoms with E-state index in [4.69, 9.17) is 0 Å². The fraction of sp³-hybridized carbons (Fsp3) is 0.0465. The molecular weight excluding hydrogens is 1060 g/mol. The lowest BCUT2D eigenvalue weighted by atomic mass is 9.70. The van der Waals surface area contributed by atoms with Gasteiger partial charge in [-0.05, 0) is 215 Å². The Morgan fingerprint density at radius 2 is 0.500 bits per heavy atom. The van der Waals surface area contributed by atoms with Gasteiger partial charge in [-0.15, -0.1) is 0 Å². The maximum Gasteiger partial charge on any atom is 0.0726 e. The van der Waals surface area contributed by atoms with E-state index in [1.807, 2.05) is 0 Å². The van der Waals surface area contributed by atoms with Crippen molar-refractivity contribution in [3.05, 3.63) is 371 Å². The number of allylic oxidation sites excluding steroid dienone is 2. The van der Waals surface area contributed by atoms with E-state index < -0.39 is 10.8 Å². The number of anilines is 6. The minimum Gasteiger partial charge on any atom is -0.310 e. The van der Waals surface area contributed by atoms with Gasteiger partial charge in [-0.25, -0.2) is 0 Å². The molecule has 0 aromatic heterocycles. The highest BCUT2D eigenvalue weighted by molar-refractivity contribution is 5.99. The molecule has 0 amide bonds. The molecule has 2 nitrogen and oxygen atoms in total. The molecule has 0 atom stereocenters. The summed E-state index contributed by atoms with van der Waals surface area (Å²) in [6.45, 7) is 4.15. The summed E-state index contributed by atoms with van der Waals surface area (Å²) in [5.74, 6) is 0. The van der Waals surface area contributed by atoms with Crippen LogP contribution >= 0.6 is 0 Å².